The number of aromatic amines is 1. The topological polar surface area (TPSA) is 96.1 Å². The van der Waals surface area contributed by atoms with Crippen LogP contribution in [-0.4, -0.2) is 29.0 Å². The molecule has 0 aliphatic rings. The summed E-state index contributed by atoms with van der Waals surface area (Å²) in [5.74, 6) is -1.40. The first-order chi connectivity index (χ1) is 14.8. The van der Waals surface area contributed by atoms with Crippen molar-refractivity contribution in [3.63, 3.8) is 0 Å². The van der Waals surface area contributed by atoms with Gasteiger partial charge < -0.3 is 9.72 Å². The van der Waals surface area contributed by atoms with Crippen LogP contribution in [0.25, 0.3) is 21.8 Å². The third-order valence-corrected chi connectivity index (χ3v) is 4.64. The Morgan fingerprint density at radius 3 is 2.42 bits per heavy atom. The first-order valence-corrected chi connectivity index (χ1v) is 9.01. The van der Waals surface area contributed by atoms with Gasteiger partial charge in [-0.3, -0.25) is 15.6 Å². The summed E-state index contributed by atoms with van der Waals surface area (Å²) in [6, 6.07) is 13.0. The van der Waals surface area contributed by atoms with Crippen LogP contribution in [0, 0.1) is 0 Å². The van der Waals surface area contributed by atoms with Crippen molar-refractivity contribution in [1.29, 1.82) is 0 Å². The Bertz CT molecular complexity index is 1300. The van der Waals surface area contributed by atoms with Crippen molar-refractivity contribution in [2.45, 2.75) is 6.18 Å². The molecule has 158 valence electrons. The molecule has 31 heavy (non-hydrogen) atoms. The number of methoxy groups -OCH3 is 1. The van der Waals surface area contributed by atoms with Gasteiger partial charge in [-0.25, -0.2) is 9.78 Å². The van der Waals surface area contributed by atoms with Crippen LogP contribution >= 0.6 is 0 Å². The smallest absolute Gasteiger partial charge is 0.416 e. The zero-order valence-electron chi connectivity index (χ0n) is 16.0. The van der Waals surface area contributed by atoms with Gasteiger partial charge >= 0.3 is 12.1 Å². The number of hydrazine groups is 1. The Hall–Kier alpha value is -4.08. The molecule has 0 aliphatic heterocycles. The van der Waals surface area contributed by atoms with Gasteiger partial charge in [-0.15, -0.1) is 0 Å². The number of alkyl halides is 3. The maximum atomic E-state index is 12.8. The number of pyridine rings is 1. The highest BCUT2D eigenvalue weighted by atomic mass is 19.4. The largest absolute Gasteiger partial charge is 0.464 e. The maximum absolute atomic E-state index is 12.8. The van der Waals surface area contributed by atoms with Gasteiger partial charge in [-0.05, 0) is 36.4 Å². The second kappa shape index (κ2) is 7.63. The van der Waals surface area contributed by atoms with Crippen LogP contribution in [0.2, 0.25) is 0 Å². The number of nitrogens with zero attached hydrogens (tertiary/aromatic N) is 1. The fourth-order valence-electron chi connectivity index (χ4n) is 3.15. The van der Waals surface area contributed by atoms with Gasteiger partial charge in [0.15, 0.2) is 5.69 Å². The number of benzene rings is 2. The molecule has 0 bridgehead atoms. The molecule has 0 fully saturated rings. The van der Waals surface area contributed by atoms with E-state index in [0.717, 1.165) is 23.0 Å². The van der Waals surface area contributed by atoms with Gasteiger partial charge in [0.2, 0.25) is 0 Å². The molecule has 2 heterocycles. The van der Waals surface area contributed by atoms with E-state index in [4.69, 9.17) is 4.74 Å². The summed E-state index contributed by atoms with van der Waals surface area (Å²) in [6.45, 7) is 0. The molecule has 0 aliphatic carbocycles. The van der Waals surface area contributed by atoms with E-state index in [1.807, 2.05) is 24.3 Å². The lowest BCUT2D eigenvalue weighted by molar-refractivity contribution is -0.137. The van der Waals surface area contributed by atoms with Crippen LogP contribution in [0.3, 0.4) is 0 Å². The Kier molecular flexibility index (Phi) is 4.97. The van der Waals surface area contributed by atoms with E-state index in [1.54, 1.807) is 0 Å². The molecule has 2 aromatic carbocycles. The molecule has 0 radical (unpaired) electrons. The molecule has 3 N–H and O–H groups in total. The highest BCUT2D eigenvalue weighted by Crippen LogP contribution is 2.30. The summed E-state index contributed by atoms with van der Waals surface area (Å²) in [7, 11) is 1.20. The minimum absolute atomic E-state index is 0.0561. The Morgan fingerprint density at radius 1 is 1.03 bits per heavy atom. The SMILES string of the molecule is COC(=O)c1cc2c([nH]c3ccccc32)c(C(=O)NNc2ccc(C(F)(F)F)cc2)n1. The van der Waals surface area contributed by atoms with E-state index in [1.165, 1.54) is 25.3 Å². The van der Waals surface area contributed by atoms with Crippen molar-refractivity contribution in [3.8, 4) is 0 Å². The van der Waals surface area contributed by atoms with Crippen molar-refractivity contribution in [2.24, 2.45) is 0 Å². The molecule has 7 nitrogen and oxygen atoms in total. The van der Waals surface area contributed by atoms with Gasteiger partial charge in [0.1, 0.15) is 5.69 Å². The number of ether oxygens (including phenoxy) is 1. The zero-order valence-corrected chi connectivity index (χ0v) is 16.0. The second-order valence-corrected chi connectivity index (χ2v) is 6.60. The van der Waals surface area contributed by atoms with Gasteiger partial charge in [-0.1, -0.05) is 18.2 Å². The lowest BCUT2D eigenvalue weighted by Gasteiger charge is -2.11. The number of carbonyl (C=O) groups excluding carboxylic acids is 2. The number of halogens is 3. The molecule has 0 spiro atoms. The first kappa shape index (κ1) is 20.2. The number of esters is 1. The van der Waals surface area contributed by atoms with Crippen molar-refractivity contribution in [3.05, 3.63) is 71.5 Å². The van der Waals surface area contributed by atoms with Gasteiger partial charge in [0.25, 0.3) is 5.91 Å². The summed E-state index contributed by atoms with van der Waals surface area (Å²) in [5.41, 5.74) is 5.37. The molecular formula is C21H15F3N4O3. The lowest BCUT2D eigenvalue weighted by Crippen LogP contribution is -2.30. The van der Waals surface area contributed by atoms with Crippen LogP contribution in [0.1, 0.15) is 26.5 Å². The summed E-state index contributed by atoms with van der Waals surface area (Å²) in [4.78, 5) is 32.1. The second-order valence-electron chi connectivity index (χ2n) is 6.60. The van der Waals surface area contributed by atoms with E-state index < -0.39 is 23.6 Å². The number of H-pyrrole nitrogens is 1. The predicted octanol–water partition coefficient (Wildman–Crippen LogP) is 4.28. The zero-order chi connectivity index (χ0) is 22.2. The minimum Gasteiger partial charge on any atom is -0.464 e. The fourth-order valence-corrected chi connectivity index (χ4v) is 3.15. The van der Waals surface area contributed by atoms with E-state index >= 15 is 0 Å². The monoisotopic (exact) mass is 428 g/mol. The maximum Gasteiger partial charge on any atom is 0.416 e. The summed E-state index contributed by atoms with van der Waals surface area (Å²) >= 11 is 0. The molecule has 0 saturated heterocycles. The first-order valence-electron chi connectivity index (χ1n) is 9.01. The number of anilines is 1. The molecule has 0 unspecified atom stereocenters. The quantitative estimate of drug-likeness (QED) is 0.333. The third kappa shape index (κ3) is 3.87. The van der Waals surface area contributed by atoms with E-state index in [0.29, 0.717) is 10.9 Å². The molecule has 0 saturated carbocycles. The molecule has 1 amide bonds. The number of rotatable bonds is 4. The van der Waals surface area contributed by atoms with Gasteiger partial charge in [0.05, 0.1) is 23.9 Å². The Balaban J connectivity index is 1.67. The summed E-state index contributed by atoms with van der Waals surface area (Å²) in [5, 5.41) is 1.39. The van der Waals surface area contributed by atoms with Crippen molar-refractivity contribution in [1.82, 2.24) is 15.4 Å². The van der Waals surface area contributed by atoms with E-state index in [2.05, 4.69) is 20.8 Å². The Labute approximate surface area is 173 Å². The number of nitrogens with one attached hydrogen (secondary N) is 3. The van der Waals surface area contributed by atoms with E-state index in [-0.39, 0.29) is 17.1 Å². The number of amides is 1. The highest BCUT2D eigenvalue weighted by molar-refractivity contribution is 6.15. The highest BCUT2D eigenvalue weighted by Gasteiger charge is 2.30. The van der Waals surface area contributed by atoms with Crippen LogP contribution in [0.15, 0.2) is 54.6 Å². The number of para-hydroxylation sites is 1. The lowest BCUT2D eigenvalue weighted by atomic mass is 10.1. The Morgan fingerprint density at radius 2 is 1.74 bits per heavy atom. The number of carbonyl (C=O) groups is 2. The third-order valence-electron chi connectivity index (χ3n) is 4.64. The summed E-state index contributed by atoms with van der Waals surface area (Å²) < 4.78 is 42.8. The van der Waals surface area contributed by atoms with Crippen LogP contribution in [0.4, 0.5) is 18.9 Å². The average Bonchev–Trinajstić information content (AvgIpc) is 3.14. The van der Waals surface area contributed by atoms with E-state index in [9.17, 15) is 22.8 Å². The van der Waals surface area contributed by atoms with Crippen molar-refractivity contribution < 1.29 is 27.5 Å². The number of hydrogen-bond acceptors (Lipinski definition) is 5. The van der Waals surface area contributed by atoms with Crippen molar-refractivity contribution in [2.75, 3.05) is 12.5 Å². The average molecular weight is 428 g/mol. The molecule has 2 aromatic heterocycles. The van der Waals surface area contributed by atoms with Gasteiger partial charge in [-0.2, -0.15) is 13.2 Å². The van der Waals surface area contributed by atoms with Crippen LogP contribution < -0.4 is 10.9 Å². The fraction of sp³-hybridized carbons (Fsp3) is 0.0952. The molecular weight excluding hydrogens is 413 g/mol. The van der Waals surface area contributed by atoms with Gasteiger partial charge in [0, 0.05) is 16.3 Å². The normalized spacial score (nSPS) is 11.5. The number of hydrogen-bond donors (Lipinski definition) is 3. The number of fused-ring (bicyclic) bond motifs is 3. The summed E-state index contributed by atoms with van der Waals surface area (Å²) in [6.07, 6.45) is -4.46. The molecule has 10 heteroatoms. The molecule has 4 aromatic rings. The van der Waals surface area contributed by atoms with Crippen LogP contribution in [-0.2, 0) is 10.9 Å². The molecule has 4 rings (SSSR count). The number of aromatic nitrogens is 2. The van der Waals surface area contributed by atoms with Crippen molar-refractivity contribution >= 4 is 39.4 Å². The minimum atomic E-state index is -4.46. The predicted molar refractivity (Wildman–Crippen MR) is 107 cm³/mol. The van der Waals surface area contributed by atoms with Crippen LogP contribution in [0.5, 0.6) is 0 Å². The molecule has 0 atom stereocenters. The standard InChI is InChI=1S/C21H15F3N4O3/c1-31-20(30)16-10-14-13-4-2-3-5-15(13)25-17(14)18(26-16)19(29)28-27-12-8-6-11(7-9-12)21(22,23)24/h2-10,25,27H,1H3,(H,28,29).